The fourth-order valence-corrected chi connectivity index (χ4v) is 2.22. The highest BCUT2D eigenvalue weighted by atomic mass is 32.1. The molecule has 0 fully saturated rings. The Balaban J connectivity index is 1.91. The minimum Gasteiger partial charge on any atom is -0.468 e. The van der Waals surface area contributed by atoms with Gasteiger partial charge in [0.2, 0.25) is 0 Å². The van der Waals surface area contributed by atoms with E-state index in [1.807, 2.05) is 19.1 Å². The zero-order valence-electron chi connectivity index (χ0n) is 9.25. The number of thiophene rings is 1. The van der Waals surface area contributed by atoms with Crippen LogP contribution >= 0.6 is 11.3 Å². The van der Waals surface area contributed by atoms with Crippen LogP contribution in [0, 0.1) is 10.1 Å². The fraction of sp³-hybridized carbons (Fsp3) is 0.273. The Morgan fingerprint density at radius 1 is 1.53 bits per heavy atom. The van der Waals surface area contributed by atoms with Gasteiger partial charge >= 0.3 is 5.00 Å². The lowest BCUT2D eigenvalue weighted by Crippen LogP contribution is -2.16. The molecule has 5 nitrogen and oxygen atoms in total. The summed E-state index contributed by atoms with van der Waals surface area (Å²) in [6.07, 6.45) is 1.63. The Morgan fingerprint density at radius 2 is 2.35 bits per heavy atom. The van der Waals surface area contributed by atoms with Crippen LogP contribution in [0.25, 0.3) is 0 Å². The molecule has 0 aliphatic carbocycles. The van der Waals surface area contributed by atoms with E-state index in [-0.39, 0.29) is 16.0 Å². The van der Waals surface area contributed by atoms with E-state index in [1.54, 1.807) is 12.3 Å². The highest BCUT2D eigenvalue weighted by Crippen LogP contribution is 2.24. The van der Waals surface area contributed by atoms with Crippen LogP contribution in [0.15, 0.2) is 34.9 Å². The van der Waals surface area contributed by atoms with Crippen LogP contribution in [-0.2, 0) is 6.54 Å². The second-order valence-electron chi connectivity index (χ2n) is 3.62. The van der Waals surface area contributed by atoms with Gasteiger partial charge in [0, 0.05) is 17.5 Å². The van der Waals surface area contributed by atoms with Crippen molar-refractivity contribution < 1.29 is 9.34 Å². The van der Waals surface area contributed by atoms with Gasteiger partial charge in [0.25, 0.3) is 0 Å². The van der Waals surface area contributed by atoms with Gasteiger partial charge in [-0.25, -0.2) is 0 Å². The Bertz CT molecular complexity index is 493. The number of hydrogen-bond donors (Lipinski definition) is 1. The highest BCUT2D eigenvalue weighted by Gasteiger charge is 2.11. The molecule has 2 aromatic heterocycles. The van der Waals surface area contributed by atoms with Crippen LogP contribution in [-0.4, -0.2) is 4.92 Å². The normalized spacial score (nSPS) is 12.5. The number of hydrogen-bond acceptors (Lipinski definition) is 5. The van der Waals surface area contributed by atoms with E-state index in [1.165, 1.54) is 17.4 Å². The summed E-state index contributed by atoms with van der Waals surface area (Å²) < 4.78 is 5.26. The van der Waals surface area contributed by atoms with E-state index < -0.39 is 0 Å². The second-order valence-corrected chi connectivity index (χ2v) is 4.76. The topological polar surface area (TPSA) is 68.3 Å². The Kier molecular flexibility index (Phi) is 3.55. The molecule has 0 bridgehead atoms. The van der Waals surface area contributed by atoms with E-state index in [0.29, 0.717) is 6.54 Å². The second kappa shape index (κ2) is 5.11. The van der Waals surface area contributed by atoms with Crippen LogP contribution < -0.4 is 5.32 Å². The van der Waals surface area contributed by atoms with Crippen molar-refractivity contribution in [1.82, 2.24) is 5.32 Å². The van der Waals surface area contributed by atoms with Crippen molar-refractivity contribution in [3.63, 3.8) is 0 Å². The third-order valence-electron chi connectivity index (χ3n) is 2.38. The summed E-state index contributed by atoms with van der Waals surface area (Å²) in [6.45, 7) is 2.58. The average molecular weight is 252 g/mol. The molecule has 90 valence electrons. The molecule has 0 saturated heterocycles. The lowest BCUT2D eigenvalue weighted by Gasteiger charge is -2.09. The van der Waals surface area contributed by atoms with Gasteiger partial charge in [-0.05, 0) is 25.1 Å². The van der Waals surface area contributed by atoms with Crippen LogP contribution in [0.3, 0.4) is 0 Å². The highest BCUT2D eigenvalue weighted by molar-refractivity contribution is 7.15. The summed E-state index contributed by atoms with van der Waals surface area (Å²) in [5, 5.41) is 13.9. The summed E-state index contributed by atoms with van der Waals surface area (Å²) in [5.74, 6) is 0.857. The molecule has 2 heterocycles. The van der Waals surface area contributed by atoms with Gasteiger partial charge in [-0.2, -0.15) is 0 Å². The van der Waals surface area contributed by atoms with Gasteiger partial charge in [0.05, 0.1) is 17.2 Å². The molecule has 0 spiro atoms. The quantitative estimate of drug-likeness (QED) is 0.655. The molecule has 0 amide bonds. The Labute approximate surface area is 102 Å². The van der Waals surface area contributed by atoms with Crippen LogP contribution in [0.2, 0.25) is 0 Å². The third-order valence-corrected chi connectivity index (χ3v) is 3.42. The molecule has 17 heavy (non-hydrogen) atoms. The molecule has 2 rings (SSSR count). The van der Waals surface area contributed by atoms with Gasteiger partial charge in [-0.15, -0.1) is 0 Å². The predicted octanol–water partition coefficient (Wildman–Crippen LogP) is 3.10. The molecule has 6 heteroatoms. The lowest BCUT2D eigenvalue weighted by molar-refractivity contribution is -0.380. The molecule has 0 aliphatic heterocycles. The van der Waals surface area contributed by atoms with Gasteiger partial charge in [-0.1, -0.05) is 11.3 Å². The molecule has 0 aliphatic rings. The van der Waals surface area contributed by atoms with Crippen molar-refractivity contribution in [1.29, 1.82) is 0 Å². The first-order valence-electron chi connectivity index (χ1n) is 5.16. The minimum absolute atomic E-state index is 0.0890. The minimum atomic E-state index is -0.371. The molecule has 1 N–H and O–H groups in total. The molecule has 0 aromatic carbocycles. The third kappa shape index (κ3) is 2.92. The largest absolute Gasteiger partial charge is 0.468 e. The first-order valence-corrected chi connectivity index (χ1v) is 5.98. The SMILES string of the molecule is C[C@@H](NCc1ccc([N+](=O)[O-])s1)c1ccco1. The summed E-state index contributed by atoms with van der Waals surface area (Å²) >= 11 is 1.19. The maximum Gasteiger partial charge on any atom is 0.324 e. The summed E-state index contributed by atoms with van der Waals surface area (Å²) in [7, 11) is 0. The van der Waals surface area contributed by atoms with E-state index in [0.717, 1.165) is 10.6 Å². The lowest BCUT2D eigenvalue weighted by atomic mass is 10.2. The maximum atomic E-state index is 10.5. The first kappa shape index (κ1) is 11.8. The van der Waals surface area contributed by atoms with E-state index in [4.69, 9.17) is 4.42 Å². The van der Waals surface area contributed by atoms with Gasteiger partial charge in [0.15, 0.2) is 0 Å². The zero-order chi connectivity index (χ0) is 12.3. The first-order chi connectivity index (χ1) is 8.16. The van der Waals surface area contributed by atoms with Crippen molar-refractivity contribution in [3.05, 3.63) is 51.3 Å². The fourth-order valence-electron chi connectivity index (χ4n) is 1.45. The molecular formula is C11H12N2O3S. The monoisotopic (exact) mass is 252 g/mol. The number of nitrogens with zero attached hydrogens (tertiary/aromatic N) is 1. The molecule has 0 radical (unpaired) electrons. The van der Waals surface area contributed by atoms with Crippen LogP contribution in [0.4, 0.5) is 5.00 Å². The summed E-state index contributed by atoms with van der Waals surface area (Å²) in [6, 6.07) is 7.12. The van der Waals surface area contributed by atoms with Crippen molar-refractivity contribution >= 4 is 16.3 Å². The average Bonchev–Trinajstić information content (AvgIpc) is 2.97. The standard InChI is InChI=1S/C11H12N2O3S/c1-8(10-3-2-6-16-10)12-7-9-4-5-11(17-9)13(14)15/h2-6,8,12H,7H2,1H3/t8-/m1/s1. The van der Waals surface area contributed by atoms with Crippen molar-refractivity contribution in [3.8, 4) is 0 Å². The number of nitro groups is 1. The van der Waals surface area contributed by atoms with Crippen molar-refractivity contribution in [2.24, 2.45) is 0 Å². The molecular weight excluding hydrogens is 240 g/mol. The van der Waals surface area contributed by atoms with Gasteiger partial charge in [0.1, 0.15) is 5.76 Å². The molecule has 2 aromatic rings. The van der Waals surface area contributed by atoms with Crippen molar-refractivity contribution in [2.75, 3.05) is 0 Å². The van der Waals surface area contributed by atoms with Gasteiger partial charge < -0.3 is 9.73 Å². The maximum absolute atomic E-state index is 10.5. The smallest absolute Gasteiger partial charge is 0.324 e. The van der Waals surface area contributed by atoms with Crippen LogP contribution in [0.1, 0.15) is 23.6 Å². The molecule has 0 unspecified atom stereocenters. The van der Waals surface area contributed by atoms with E-state index >= 15 is 0 Å². The van der Waals surface area contributed by atoms with Crippen LogP contribution in [0.5, 0.6) is 0 Å². The Hall–Kier alpha value is -1.66. The number of nitrogens with one attached hydrogen (secondary N) is 1. The predicted molar refractivity (Wildman–Crippen MR) is 64.9 cm³/mol. The van der Waals surface area contributed by atoms with E-state index in [9.17, 15) is 10.1 Å². The molecule has 1 atom stereocenters. The summed E-state index contributed by atoms with van der Waals surface area (Å²) in [4.78, 5) is 11.1. The van der Waals surface area contributed by atoms with Gasteiger partial charge in [-0.3, -0.25) is 10.1 Å². The summed E-state index contributed by atoms with van der Waals surface area (Å²) in [5.41, 5.74) is 0. The zero-order valence-corrected chi connectivity index (χ0v) is 10.1. The van der Waals surface area contributed by atoms with Crippen molar-refractivity contribution in [2.45, 2.75) is 19.5 Å². The van der Waals surface area contributed by atoms with E-state index in [2.05, 4.69) is 5.32 Å². The number of rotatable bonds is 5. The molecule has 0 saturated carbocycles. The Morgan fingerprint density at radius 3 is 2.94 bits per heavy atom. The number of furan rings is 1.